The van der Waals surface area contributed by atoms with Gasteiger partial charge in [0.05, 0.1) is 22.4 Å². The first-order chi connectivity index (χ1) is 18.9. The van der Waals surface area contributed by atoms with E-state index in [2.05, 4.69) is 0 Å². The molecule has 1 fully saturated rings. The Morgan fingerprint density at radius 1 is 0.700 bits per heavy atom. The van der Waals surface area contributed by atoms with Crippen LogP contribution in [0.3, 0.4) is 0 Å². The number of benzene rings is 4. The van der Waals surface area contributed by atoms with Crippen molar-refractivity contribution in [3.05, 3.63) is 93.8 Å². The number of aryl methyl sites for hydroxylation is 1. The monoisotopic (exact) mass is 570 g/mol. The Bertz CT molecular complexity index is 1610. The molecule has 0 amide bonds. The highest BCUT2D eigenvalue weighted by molar-refractivity contribution is 5.86. The van der Waals surface area contributed by atoms with Crippen LogP contribution in [-0.4, -0.2) is 6.10 Å². The van der Waals surface area contributed by atoms with E-state index >= 15 is 13.2 Å². The molecule has 0 aliphatic heterocycles. The van der Waals surface area contributed by atoms with Crippen LogP contribution in [0.1, 0.15) is 61.6 Å². The fraction of sp³-hybridized carbons (Fsp3) is 0.333. The minimum atomic E-state index is -4.16. The van der Waals surface area contributed by atoms with Gasteiger partial charge in [-0.05, 0) is 84.2 Å². The molecule has 0 atom stereocenters. The van der Waals surface area contributed by atoms with Gasteiger partial charge in [0.2, 0.25) is 0 Å². The SMILES string of the molecule is CCCc1cc2ccc(C(F)(F)OC3CCC(c4cc(F)c5c(F)c(F)c(F)cc5c4)CC3)c(F)c2c(F)c1F. The first-order valence-corrected chi connectivity index (χ1v) is 12.8. The second-order valence-electron chi connectivity index (χ2n) is 10.1. The van der Waals surface area contributed by atoms with Gasteiger partial charge in [-0.25, -0.2) is 30.7 Å². The van der Waals surface area contributed by atoms with E-state index in [0.29, 0.717) is 18.1 Å². The molecule has 40 heavy (non-hydrogen) atoms. The molecule has 4 aromatic rings. The Morgan fingerprint density at radius 2 is 1.38 bits per heavy atom. The van der Waals surface area contributed by atoms with Gasteiger partial charge in [-0.2, -0.15) is 8.78 Å². The molecule has 1 saturated carbocycles. The van der Waals surface area contributed by atoms with Crippen molar-refractivity contribution in [2.45, 2.75) is 63.6 Å². The van der Waals surface area contributed by atoms with Crippen molar-refractivity contribution < 1.29 is 44.3 Å². The van der Waals surface area contributed by atoms with Gasteiger partial charge >= 0.3 is 6.11 Å². The van der Waals surface area contributed by atoms with E-state index in [1.807, 2.05) is 0 Å². The standard InChI is InChI=1S/C30H23F9O/c1-2-3-16-10-15-6-9-20(26(34)24(15)29(37)25(16)33)30(38,39)40-19-7-4-14(5-8-19)17-11-18-13-22(32)27(35)28(36)23(18)21(31)12-17/h6,9-14,19H,2-5,7-8H2,1H3. The van der Waals surface area contributed by atoms with E-state index in [9.17, 15) is 26.3 Å². The summed E-state index contributed by atoms with van der Waals surface area (Å²) in [6, 6.07) is 6.14. The molecule has 1 nitrogen and oxygen atoms in total. The van der Waals surface area contributed by atoms with Gasteiger partial charge in [0.15, 0.2) is 29.1 Å². The lowest BCUT2D eigenvalue weighted by atomic mass is 9.82. The summed E-state index contributed by atoms with van der Waals surface area (Å²) in [5.41, 5.74) is -0.842. The lowest BCUT2D eigenvalue weighted by molar-refractivity contribution is -0.278. The highest BCUT2D eigenvalue weighted by atomic mass is 19.3. The molecule has 0 spiro atoms. The minimum absolute atomic E-state index is 0.0214. The average Bonchev–Trinajstić information content (AvgIpc) is 2.90. The summed E-state index contributed by atoms with van der Waals surface area (Å²) in [5.74, 6) is -10.8. The van der Waals surface area contributed by atoms with E-state index in [-0.39, 0.29) is 54.4 Å². The first kappa shape index (κ1) is 28.3. The molecule has 212 valence electrons. The second-order valence-corrected chi connectivity index (χ2v) is 10.1. The normalized spacial score (nSPS) is 18.1. The smallest absolute Gasteiger partial charge is 0.313 e. The van der Waals surface area contributed by atoms with E-state index in [4.69, 9.17) is 4.74 Å². The molecule has 0 unspecified atom stereocenters. The van der Waals surface area contributed by atoms with Crippen LogP contribution in [0.5, 0.6) is 0 Å². The minimum Gasteiger partial charge on any atom is -0.313 e. The highest BCUT2D eigenvalue weighted by Gasteiger charge is 2.41. The average molecular weight is 570 g/mol. The number of alkyl halides is 2. The molecule has 0 aromatic heterocycles. The third-order valence-corrected chi connectivity index (χ3v) is 7.54. The van der Waals surface area contributed by atoms with Gasteiger partial charge < -0.3 is 4.74 Å². The maximum absolute atomic E-state index is 15.1. The Kier molecular flexibility index (Phi) is 7.50. The van der Waals surface area contributed by atoms with Crippen LogP contribution in [0.15, 0.2) is 36.4 Å². The van der Waals surface area contributed by atoms with Crippen LogP contribution in [-0.2, 0) is 17.3 Å². The van der Waals surface area contributed by atoms with Gasteiger partial charge in [-0.1, -0.05) is 25.5 Å². The molecule has 1 aliphatic carbocycles. The second kappa shape index (κ2) is 10.6. The summed E-state index contributed by atoms with van der Waals surface area (Å²) >= 11 is 0. The van der Waals surface area contributed by atoms with Crippen molar-refractivity contribution in [3.63, 3.8) is 0 Å². The fourth-order valence-electron chi connectivity index (χ4n) is 5.54. The zero-order valence-electron chi connectivity index (χ0n) is 21.2. The molecule has 0 saturated heterocycles. The quantitative estimate of drug-likeness (QED) is 0.166. The molecular formula is C30H23F9O. The number of fused-ring (bicyclic) bond motifs is 2. The Balaban J connectivity index is 1.34. The van der Waals surface area contributed by atoms with Crippen molar-refractivity contribution in [2.24, 2.45) is 0 Å². The highest BCUT2D eigenvalue weighted by Crippen LogP contribution is 2.42. The molecule has 0 heterocycles. The summed E-state index contributed by atoms with van der Waals surface area (Å²) in [7, 11) is 0. The topological polar surface area (TPSA) is 9.23 Å². The number of hydrogen-bond acceptors (Lipinski definition) is 1. The Labute approximate surface area is 223 Å². The van der Waals surface area contributed by atoms with Crippen molar-refractivity contribution >= 4 is 21.5 Å². The zero-order valence-corrected chi connectivity index (χ0v) is 21.2. The van der Waals surface area contributed by atoms with E-state index in [1.54, 1.807) is 6.92 Å². The van der Waals surface area contributed by atoms with Gasteiger partial charge in [0.25, 0.3) is 0 Å². The van der Waals surface area contributed by atoms with Gasteiger partial charge in [0, 0.05) is 0 Å². The van der Waals surface area contributed by atoms with Crippen LogP contribution in [0.2, 0.25) is 0 Å². The summed E-state index contributed by atoms with van der Waals surface area (Å²) in [6.45, 7) is 1.75. The fourth-order valence-corrected chi connectivity index (χ4v) is 5.54. The Morgan fingerprint density at radius 3 is 2.05 bits per heavy atom. The zero-order chi connectivity index (χ0) is 28.9. The lowest BCUT2D eigenvalue weighted by Gasteiger charge is -2.32. The van der Waals surface area contributed by atoms with Crippen LogP contribution in [0.25, 0.3) is 21.5 Å². The van der Waals surface area contributed by atoms with Crippen molar-refractivity contribution in [2.75, 3.05) is 0 Å². The van der Waals surface area contributed by atoms with Crippen LogP contribution in [0.4, 0.5) is 39.5 Å². The van der Waals surface area contributed by atoms with Crippen molar-refractivity contribution in [1.82, 2.24) is 0 Å². The Hall–Kier alpha value is -3.27. The molecule has 0 radical (unpaired) electrons. The van der Waals surface area contributed by atoms with Crippen molar-refractivity contribution in [1.29, 1.82) is 0 Å². The lowest BCUT2D eigenvalue weighted by Crippen LogP contribution is -2.30. The molecule has 0 N–H and O–H groups in total. The van der Waals surface area contributed by atoms with E-state index < -0.39 is 69.3 Å². The summed E-state index contributed by atoms with van der Waals surface area (Å²) in [5, 5.41) is -1.79. The molecule has 4 aromatic carbocycles. The summed E-state index contributed by atoms with van der Waals surface area (Å²) in [6.07, 6.45) is -3.91. The predicted octanol–water partition coefficient (Wildman–Crippen LogP) is 9.71. The third kappa shape index (κ3) is 4.91. The molecular weight excluding hydrogens is 547 g/mol. The van der Waals surface area contributed by atoms with Crippen LogP contribution < -0.4 is 0 Å². The van der Waals surface area contributed by atoms with E-state index in [0.717, 1.165) is 18.2 Å². The van der Waals surface area contributed by atoms with Crippen LogP contribution in [0, 0.1) is 40.7 Å². The number of hydrogen-bond donors (Lipinski definition) is 0. The van der Waals surface area contributed by atoms with Crippen LogP contribution >= 0.6 is 0 Å². The summed E-state index contributed by atoms with van der Waals surface area (Å²) in [4.78, 5) is 0. The largest absolute Gasteiger partial charge is 0.386 e. The number of ether oxygens (including phenoxy) is 1. The third-order valence-electron chi connectivity index (χ3n) is 7.54. The maximum Gasteiger partial charge on any atom is 0.386 e. The number of rotatable bonds is 6. The van der Waals surface area contributed by atoms with Crippen molar-refractivity contribution in [3.8, 4) is 0 Å². The van der Waals surface area contributed by atoms with E-state index in [1.165, 1.54) is 12.1 Å². The van der Waals surface area contributed by atoms with Gasteiger partial charge in [-0.15, -0.1) is 0 Å². The van der Waals surface area contributed by atoms with Gasteiger partial charge in [0.1, 0.15) is 11.6 Å². The summed E-state index contributed by atoms with van der Waals surface area (Å²) < 4.78 is 135. The first-order valence-electron chi connectivity index (χ1n) is 12.8. The maximum atomic E-state index is 15.1. The molecule has 1 aliphatic rings. The molecule has 10 heteroatoms. The van der Waals surface area contributed by atoms with Gasteiger partial charge in [-0.3, -0.25) is 0 Å². The molecule has 0 bridgehead atoms. The number of halogens is 9. The predicted molar refractivity (Wildman–Crippen MR) is 132 cm³/mol. The molecule has 5 rings (SSSR count).